The van der Waals surface area contributed by atoms with Crippen molar-refractivity contribution >= 4 is 34.1 Å². The van der Waals surface area contributed by atoms with E-state index in [4.69, 9.17) is 4.74 Å². The maximum absolute atomic E-state index is 12.6. The van der Waals surface area contributed by atoms with E-state index >= 15 is 0 Å². The van der Waals surface area contributed by atoms with Gasteiger partial charge in [0.2, 0.25) is 0 Å². The zero-order valence-corrected chi connectivity index (χ0v) is 17.0. The maximum atomic E-state index is 12.6. The molecule has 3 nitrogen and oxygen atoms in total. The third-order valence-corrected chi connectivity index (χ3v) is 7.67. The molecule has 0 N–H and O–H groups in total. The Hall–Kier alpha value is -1.76. The topological polar surface area (TPSA) is 29.5 Å². The van der Waals surface area contributed by atoms with Gasteiger partial charge in [0, 0.05) is 0 Å². The van der Waals surface area contributed by atoms with Gasteiger partial charge in [-0.25, -0.2) is 0 Å². The van der Waals surface area contributed by atoms with Gasteiger partial charge in [-0.05, 0) is 0 Å². The van der Waals surface area contributed by atoms with E-state index < -0.39 is 20.9 Å². The standard InChI is InChI=1S/C21H23NO2Te/c1-3-4-14-22-15-19(21(22)23)20(16-8-6-5-7-9-16)25-18-12-10-17(24-2)11-13-18/h5-13H,3-4,14-15H2,1-2H3/b20-19-. The molecule has 2 aromatic carbocycles. The molecule has 3 rings (SSSR count). The Morgan fingerprint density at radius 1 is 1.12 bits per heavy atom. The Balaban J connectivity index is 1.86. The van der Waals surface area contributed by atoms with Crippen LogP contribution in [-0.4, -0.2) is 51.9 Å². The van der Waals surface area contributed by atoms with Crippen molar-refractivity contribution in [3.63, 3.8) is 0 Å². The van der Waals surface area contributed by atoms with Crippen LogP contribution in [0.5, 0.6) is 5.75 Å². The number of nitrogens with zero attached hydrogens (tertiary/aromatic N) is 1. The molecule has 1 fully saturated rings. The summed E-state index contributed by atoms with van der Waals surface area (Å²) in [5.41, 5.74) is 2.21. The van der Waals surface area contributed by atoms with Crippen LogP contribution in [0, 0.1) is 0 Å². The van der Waals surface area contributed by atoms with Gasteiger partial charge in [0.25, 0.3) is 0 Å². The van der Waals surface area contributed by atoms with E-state index in [2.05, 4.69) is 43.3 Å². The van der Waals surface area contributed by atoms with Gasteiger partial charge >= 0.3 is 160 Å². The average molecular weight is 449 g/mol. The van der Waals surface area contributed by atoms with Crippen LogP contribution in [-0.2, 0) is 4.79 Å². The first kappa shape index (κ1) is 18.0. The first-order valence-electron chi connectivity index (χ1n) is 8.62. The van der Waals surface area contributed by atoms with Crippen LogP contribution in [0.1, 0.15) is 25.3 Å². The molecular weight excluding hydrogens is 426 g/mol. The molecule has 1 aliphatic rings. The van der Waals surface area contributed by atoms with Gasteiger partial charge in [-0.15, -0.1) is 0 Å². The monoisotopic (exact) mass is 451 g/mol. The van der Waals surface area contributed by atoms with Crippen LogP contribution in [0.4, 0.5) is 0 Å². The molecule has 1 saturated heterocycles. The number of ether oxygens (including phenoxy) is 1. The molecule has 25 heavy (non-hydrogen) atoms. The van der Waals surface area contributed by atoms with Gasteiger partial charge in [-0.2, -0.15) is 0 Å². The van der Waals surface area contributed by atoms with Gasteiger partial charge in [-0.3, -0.25) is 0 Å². The first-order valence-corrected chi connectivity index (χ1v) is 11.0. The summed E-state index contributed by atoms with van der Waals surface area (Å²) in [7, 11) is 1.68. The van der Waals surface area contributed by atoms with E-state index in [1.165, 1.54) is 12.8 Å². The summed E-state index contributed by atoms with van der Waals surface area (Å²) in [5.74, 6) is 1.10. The predicted octanol–water partition coefficient (Wildman–Crippen LogP) is 3.08. The third kappa shape index (κ3) is 4.26. The average Bonchev–Trinajstić information content (AvgIpc) is 2.67. The van der Waals surface area contributed by atoms with Crippen molar-refractivity contribution in [2.75, 3.05) is 20.2 Å². The fraction of sp³-hybridized carbons (Fsp3) is 0.286. The van der Waals surface area contributed by atoms with Crippen molar-refractivity contribution in [1.29, 1.82) is 0 Å². The minimum atomic E-state index is -0.629. The molecule has 1 heterocycles. The molecule has 0 unspecified atom stereocenters. The Bertz CT molecular complexity index is 753. The summed E-state index contributed by atoms with van der Waals surface area (Å²) in [6, 6.07) is 18.6. The Kier molecular flexibility index (Phi) is 6.18. The number of rotatable bonds is 7. The van der Waals surface area contributed by atoms with Gasteiger partial charge in [0.15, 0.2) is 0 Å². The molecule has 0 bridgehead atoms. The van der Waals surface area contributed by atoms with E-state index in [1.807, 2.05) is 23.1 Å². The van der Waals surface area contributed by atoms with Gasteiger partial charge < -0.3 is 0 Å². The van der Waals surface area contributed by atoms with Crippen molar-refractivity contribution in [1.82, 2.24) is 4.90 Å². The molecule has 2 aromatic rings. The number of unbranched alkanes of at least 4 members (excludes halogenated alkanes) is 1. The number of β-lactam (4-membered cyclic amide) rings is 1. The van der Waals surface area contributed by atoms with E-state index in [1.54, 1.807) is 7.11 Å². The summed E-state index contributed by atoms with van der Waals surface area (Å²) in [6.45, 7) is 3.83. The molecule has 0 atom stereocenters. The molecule has 1 aliphatic heterocycles. The summed E-state index contributed by atoms with van der Waals surface area (Å²) >= 11 is -0.629. The second kappa shape index (κ2) is 8.56. The zero-order chi connectivity index (χ0) is 17.6. The number of methoxy groups -OCH3 is 1. The van der Waals surface area contributed by atoms with Crippen molar-refractivity contribution < 1.29 is 9.53 Å². The summed E-state index contributed by atoms with van der Waals surface area (Å²) in [5, 5.41) is 0. The number of amides is 1. The molecule has 0 radical (unpaired) electrons. The Morgan fingerprint density at radius 3 is 2.44 bits per heavy atom. The van der Waals surface area contributed by atoms with Gasteiger partial charge in [0.1, 0.15) is 0 Å². The van der Waals surface area contributed by atoms with Crippen LogP contribution in [0.2, 0.25) is 0 Å². The van der Waals surface area contributed by atoms with Crippen molar-refractivity contribution in [3.05, 3.63) is 65.7 Å². The molecule has 0 aliphatic carbocycles. The quantitative estimate of drug-likeness (QED) is 0.370. The van der Waals surface area contributed by atoms with Crippen LogP contribution in [0.15, 0.2) is 60.2 Å². The van der Waals surface area contributed by atoms with Crippen LogP contribution < -0.4 is 8.35 Å². The number of hydrogen-bond donors (Lipinski definition) is 0. The summed E-state index contributed by atoms with van der Waals surface area (Å²) < 4.78 is 7.84. The minimum absolute atomic E-state index is 0.228. The fourth-order valence-electron chi connectivity index (χ4n) is 2.77. The molecular formula is C21H23NO2Te. The van der Waals surface area contributed by atoms with Crippen molar-refractivity contribution in [2.24, 2.45) is 0 Å². The molecule has 0 aromatic heterocycles. The molecule has 0 saturated carbocycles. The van der Waals surface area contributed by atoms with Gasteiger partial charge in [-0.1, -0.05) is 0 Å². The molecule has 130 valence electrons. The Labute approximate surface area is 159 Å². The number of carbonyl (C=O) groups is 1. The van der Waals surface area contributed by atoms with E-state index in [0.29, 0.717) is 0 Å². The molecule has 0 spiro atoms. The molecule has 4 heteroatoms. The van der Waals surface area contributed by atoms with Crippen LogP contribution in [0.3, 0.4) is 0 Å². The molecule has 1 amide bonds. The number of hydrogen-bond acceptors (Lipinski definition) is 2. The van der Waals surface area contributed by atoms with Crippen molar-refractivity contribution in [2.45, 2.75) is 19.8 Å². The number of carbonyl (C=O) groups excluding carboxylic acids is 1. The third-order valence-electron chi connectivity index (χ3n) is 4.27. The Morgan fingerprint density at radius 2 is 1.84 bits per heavy atom. The summed E-state index contributed by atoms with van der Waals surface area (Å²) in [4.78, 5) is 14.6. The van der Waals surface area contributed by atoms with E-state index in [0.717, 1.165) is 37.3 Å². The zero-order valence-electron chi connectivity index (χ0n) is 14.7. The fourth-order valence-corrected chi connectivity index (χ4v) is 5.73. The van der Waals surface area contributed by atoms with Crippen LogP contribution >= 0.6 is 0 Å². The van der Waals surface area contributed by atoms with Crippen molar-refractivity contribution in [3.8, 4) is 5.75 Å². The number of likely N-dealkylation sites (tertiary alicyclic amines) is 1. The van der Waals surface area contributed by atoms with Crippen LogP contribution in [0.25, 0.3) is 3.62 Å². The van der Waals surface area contributed by atoms with E-state index in [-0.39, 0.29) is 5.91 Å². The van der Waals surface area contributed by atoms with E-state index in [9.17, 15) is 4.79 Å². The number of benzene rings is 2. The normalized spacial score (nSPS) is 15.8. The first-order chi connectivity index (χ1) is 12.2. The summed E-state index contributed by atoms with van der Waals surface area (Å²) in [6.07, 6.45) is 2.20. The predicted molar refractivity (Wildman–Crippen MR) is 103 cm³/mol. The van der Waals surface area contributed by atoms with Gasteiger partial charge in [0.05, 0.1) is 0 Å². The second-order valence-electron chi connectivity index (χ2n) is 6.03. The second-order valence-corrected chi connectivity index (χ2v) is 9.12. The SMILES string of the molecule is CCCCN1C/C(=C(/[Te]c2ccc(OC)cc2)c2ccccc2)C1=O.